The van der Waals surface area contributed by atoms with E-state index in [1.165, 1.54) is 0 Å². The third-order valence-electron chi connectivity index (χ3n) is 2.18. The van der Waals surface area contributed by atoms with Gasteiger partial charge in [0.2, 0.25) is 5.91 Å². The van der Waals surface area contributed by atoms with E-state index in [2.05, 4.69) is 4.98 Å². The summed E-state index contributed by atoms with van der Waals surface area (Å²) < 4.78 is 0. The molecule has 0 atom stereocenters. The molecule has 1 aromatic rings. The summed E-state index contributed by atoms with van der Waals surface area (Å²) in [6, 6.07) is 0. The maximum atomic E-state index is 11.6. The lowest BCUT2D eigenvalue weighted by atomic mass is 10.3. The topological polar surface area (TPSA) is 33.2 Å². The van der Waals surface area contributed by atoms with Gasteiger partial charge in [-0.25, -0.2) is 4.98 Å². The lowest BCUT2D eigenvalue weighted by Crippen LogP contribution is -2.25. The van der Waals surface area contributed by atoms with E-state index in [1.54, 1.807) is 16.2 Å². The molecular formula is C10H15ClN2OS. The molecule has 0 unspecified atom stereocenters. The summed E-state index contributed by atoms with van der Waals surface area (Å²) in [6.45, 7) is 2.61. The van der Waals surface area contributed by atoms with E-state index < -0.39 is 0 Å². The number of amides is 1. The van der Waals surface area contributed by atoms with Crippen molar-refractivity contribution in [3.05, 3.63) is 16.1 Å². The molecule has 1 heterocycles. The van der Waals surface area contributed by atoms with Gasteiger partial charge in [0.25, 0.3) is 0 Å². The number of carbonyl (C=O) groups excluding carboxylic acids is 1. The normalized spacial score (nSPS) is 10.3. The van der Waals surface area contributed by atoms with Gasteiger partial charge in [0.15, 0.2) is 0 Å². The Morgan fingerprint density at radius 1 is 1.67 bits per heavy atom. The fourth-order valence-corrected chi connectivity index (χ4v) is 2.15. The van der Waals surface area contributed by atoms with Crippen LogP contribution in [0.1, 0.15) is 23.4 Å². The molecule has 5 heteroatoms. The van der Waals surface area contributed by atoms with Crippen LogP contribution < -0.4 is 0 Å². The number of hydrogen-bond donors (Lipinski definition) is 0. The van der Waals surface area contributed by atoms with Gasteiger partial charge in [0.05, 0.1) is 17.7 Å². The van der Waals surface area contributed by atoms with Gasteiger partial charge in [-0.3, -0.25) is 4.79 Å². The van der Waals surface area contributed by atoms with E-state index in [1.807, 2.05) is 19.5 Å². The van der Waals surface area contributed by atoms with E-state index in [0.29, 0.717) is 18.8 Å². The fraction of sp³-hybridized carbons (Fsp3) is 0.600. The van der Waals surface area contributed by atoms with Gasteiger partial charge >= 0.3 is 0 Å². The fourth-order valence-electron chi connectivity index (χ4n) is 1.19. The standard InChI is InChI=1S/C10H15ClN2OS/c1-8-9(15-7-12-8)6-13(2)10(14)4-3-5-11/h7H,3-6H2,1-2H3. The quantitative estimate of drug-likeness (QED) is 0.748. The molecule has 1 amide bonds. The summed E-state index contributed by atoms with van der Waals surface area (Å²) in [4.78, 5) is 18.6. The molecule has 0 saturated heterocycles. The number of thiazole rings is 1. The molecule has 0 aliphatic heterocycles. The summed E-state index contributed by atoms with van der Waals surface area (Å²) >= 11 is 7.13. The van der Waals surface area contributed by atoms with Crippen LogP contribution in [0.4, 0.5) is 0 Å². The Hall–Kier alpha value is -0.610. The highest BCUT2D eigenvalue weighted by Crippen LogP contribution is 2.14. The lowest BCUT2D eigenvalue weighted by molar-refractivity contribution is -0.130. The van der Waals surface area contributed by atoms with Crippen LogP contribution in [0.2, 0.25) is 0 Å². The minimum absolute atomic E-state index is 0.142. The van der Waals surface area contributed by atoms with Crippen LogP contribution in [0.3, 0.4) is 0 Å². The molecule has 1 aromatic heterocycles. The Kier molecular flexibility index (Phi) is 5.05. The SMILES string of the molecule is Cc1ncsc1CN(C)C(=O)CCCCl. The van der Waals surface area contributed by atoms with Crippen molar-refractivity contribution < 1.29 is 4.79 Å². The largest absolute Gasteiger partial charge is 0.341 e. The molecule has 0 radical (unpaired) electrons. The minimum atomic E-state index is 0.142. The zero-order valence-corrected chi connectivity index (χ0v) is 10.6. The van der Waals surface area contributed by atoms with Crippen LogP contribution in [0.15, 0.2) is 5.51 Å². The molecule has 3 nitrogen and oxygen atoms in total. The number of nitrogens with zero attached hydrogens (tertiary/aromatic N) is 2. The number of aromatic nitrogens is 1. The van der Waals surface area contributed by atoms with E-state index in [4.69, 9.17) is 11.6 Å². The Morgan fingerprint density at radius 2 is 2.40 bits per heavy atom. The first-order valence-corrected chi connectivity index (χ1v) is 6.25. The summed E-state index contributed by atoms with van der Waals surface area (Å²) in [6.07, 6.45) is 1.27. The molecule has 0 saturated carbocycles. The summed E-state index contributed by atoms with van der Waals surface area (Å²) in [7, 11) is 1.82. The second kappa shape index (κ2) is 6.08. The molecular weight excluding hydrogens is 232 g/mol. The molecule has 0 bridgehead atoms. The van der Waals surface area contributed by atoms with Gasteiger partial charge in [-0.05, 0) is 13.3 Å². The Balaban J connectivity index is 2.45. The van der Waals surface area contributed by atoms with Crippen LogP contribution in [0.5, 0.6) is 0 Å². The number of aryl methyl sites for hydroxylation is 1. The highest BCUT2D eigenvalue weighted by atomic mass is 35.5. The van der Waals surface area contributed by atoms with Crippen LogP contribution in [0, 0.1) is 6.92 Å². The Morgan fingerprint density at radius 3 is 2.93 bits per heavy atom. The van der Waals surface area contributed by atoms with Gasteiger partial charge in [-0.15, -0.1) is 22.9 Å². The van der Waals surface area contributed by atoms with E-state index in [-0.39, 0.29) is 5.91 Å². The molecule has 0 spiro atoms. The van der Waals surface area contributed by atoms with E-state index in [0.717, 1.165) is 17.0 Å². The minimum Gasteiger partial charge on any atom is -0.341 e. The molecule has 0 N–H and O–H groups in total. The van der Waals surface area contributed by atoms with Crippen molar-refractivity contribution in [3.8, 4) is 0 Å². The summed E-state index contributed by atoms with van der Waals surface area (Å²) in [5.74, 6) is 0.683. The summed E-state index contributed by atoms with van der Waals surface area (Å²) in [5.41, 5.74) is 2.82. The van der Waals surface area contributed by atoms with Gasteiger partial charge < -0.3 is 4.90 Å². The monoisotopic (exact) mass is 246 g/mol. The van der Waals surface area contributed by atoms with Crippen molar-refractivity contribution in [1.82, 2.24) is 9.88 Å². The average molecular weight is 247 g/mol. The van der Waals surface area contributed by atoms with Crippen molar-refractivity contribution in [3.63, 3.8) is 0 Å². The summed E-state index contributed by atoms with van der Waals surface area (Å²) in [5, 5.41) is 0. The third-order valence-corrected chi connectivity index (χ3v) is 3.36. The van der Waals surface area contributed by atoms with Crippen molar-refractivity contribution >= 4 is 28.8 Å². The third kappa shape index (κ3) is 3.80. The van der Waals surface area contributed by atoms with Gasteiger partial charge in [0.1, 0.15) is 0 Å². The molecule has 15 heavy (non-hydrogen) atoms. The maximum absolute atomic E-state index is 11.6. The zero-order valence-electron chi connectivity index (χ0n) is 8.99. The molecule has 0 aliphatic carbocycles. The van der Waals surface area contributed by atoms with Crippen LogP contribution in [-0.2, 0) is 11.3 Å². The number of rotatable bonds is 5. The first-order valence-electron chi connectivity index (χ1n) is 4.84. The first-order chi connectivity index (χ1) is 7.15. The van der Waals surface area contributed by atoms with Crippen LogP contribution in [0.25, 0.3) is 0 Å². The average Bonchev–Trinajstić information content (AvgIpc) is 2.61. The van der Waals surface area contributed by atoms with E-state index in [9.17, 15) is 4.79 Å². The first kappa shape index (κ1) is 12.5. The van der Waals surface area contributed by atoms with Crippen LogP contribution >= 0.6 is 22.9 Å². The molecule has 0 aliphatic rings. The van der Waals surface area contributed by atoms with Crippen molar-refractivity contribution in [2.75, 3.05) is 12.9 Å². The zero-order chi connectivity index (χ0) is 11.3. The van der Waals surface area contributed by atoms with Gasteiger partial charge in [-0.1, -0.05) is 0 Å². The number of carbonyl (C=O) groups is 1. The number of halogens is 1. The van der Waals surface area contributed by atoms with Crippen molar-refractivity contribution in [2.24, 2.45) is 0 Å². The number of alkyl halides is 1. The molecule has 0 aromatic carbocycles. The van der Waals surface area contributed by atoms with Crippen molar-refractivity contribution in [2.45, 2.75) is 26.3 Å². The molecule has 0 fully saturated rings. The highest BCUT2D eigenvalue weighted by molar-refractivity contribution is 7.09. The van der Waals surface area contributed by atoms with Gasteiger partial charge in [-0.2, -0.15) is 0 Å². The predicted octanol–water partition coefficient (Wildman–Crippen LogP) is 2.43. The smallest absolute Gasteiger partial charge is 0.222 e. The number of hydrogen-bond acceptors (Lipinski definition) is 3. The second-order valence-corrected chi connectivity index (χ2v) is 4.72. The highest BCUT2D eigenvalue weighted by Gasteiger charge is 2.11. The molecule has 1 rings (SSSR count). The Bertz CT molecular complexity index is 327. The molecule has 84 valence electrons. The van der Waals surface area contributed by atoms with Crippen LogP contribution in [-0.4, -0.2) is 28.7 Å². The lowest BCUT2D eigenvalue weighted by Gasteiger charge is -2.16. The Labute approximate surface area is 99.1 Å². The van der Waals surface area contributed by atoms with Gasteiger partial charge in [0, 0.05) is 24.2 Å². The maximum Gasteiger partial charge on any atom is 0.222 e. The van der Waals surface area contributed by atoms with Crippen molar-refractivity contribution in [1.29, 1.82) is 0 Å². The second-order valence-electron chi connectivity index (χ2n) is 3.40. The predicted molar refractivity (Wildman–Crippen MR) is 63.3 cm³/mol. The van der Waals surface area contributed by atoms with E-state index >= 15 is 0 Å².